The molecule has 0 radical (unpaired) electrons. The number of hydrogen-bond acceptors (Lipinski definition) is 4. The first-order chi connectivity index (χ1) is 14.1. The van der Waals surface area contributed by atoms with Gasteiger partial charge in [0.15, 0.2) is 0 Å². The highest BCUT2D eigenvalue weighted by molar-refractivity contribution is 5.83. The lowest BCUT2D eigenvalue weighted by atomic mass is 10.0. The lowest BCUT2D eigenvalue weighted by molar-refractivity contribution is -0.274. The van der Waals surface area contributed by atoms with Crippen LogP contribution < -0.4 is 9.47 Å². The van der Waals surface area contributed by atoms with Crippen LogP contribution in [0.3, 0.4) is 0 Å². The molecule has 0 spiro atoms. The highest BCUT2D eigenvalue weighted by atomic mass is 19.4. The molecular formula is C20H18F5NO4. The van der Waals surface area contributed by atoms with Gasteiger partial charge in [-0.3, -0.25) is 4.79 Å². The van der Waals surface area contributed by atoms with E-state index in [0.717, 1.165) is 18.2 Å². The number of aliphatic hydroxyl groups excluding tert-OH is 1. The maximum Gasteiger partial charge on any atom is 0.573 e. The van der Waals surface area contributed by atoms with Crippen LogP contribution in [0, 0.1) is 11.6 Å². The third-order valence-corrected chi connectivity index (χ3v) is 4.59. The molecule has 1 amide bonds. The summed E-state index contributed by atoms with van der Waals surface area (Å²) in [5, 5.41) is 10.0. The van der Waals surface area contributed by atoms with Crippen molar-refractivity contribution in [3.8, 4) is 11.5 Å². The molecule has 3 rings (SSSR count). The third kappa shape index (κ3) is 4.81. The van der Waals surface area contributed by atoms with Gasteiger partial charge in [0, 0.05) is 25.1 Å². The molecule has 1 N–H and O–H groups in total. The summed E-state index contributed by atoms with van der Waals surface area (Å²) in [4.78, 5) is 13.6. The largest absolute Gasteiger partial charge is 0.573 e. The van der Waals surface area contributed by atoms with Crippen molar-refractivity contribution in [2.24, 2.45) is 0 Å². The summed E-state index contributed by atoms with van der Waals surface area (Å²) in [5.74, 6) is -2.97. The molecule has 5 nitrogen and oxygen atoms in total. The van der Waals surface area contributed by atoms with Crippen molar-refractivity contribution in [1.82, 2.24) is 4.90 Å². The van der Waals surface area contributed by atoms with E-state index in [0.29, 0.717) is 11.6 Å². The first-order valence-electron chi connectivity index (χ1n) is 9.04. The van der Waals surface area contributed by atoms with Crippen molar-refractivity contribution in [3.05, 3.63) is 59.2 Å². The number of benzene rings is 2. The SMILES string of the molecule is CCOc1cc(F)cc(F)c1C1CC(O)C(=O)N1Cc1ccc(OC(F)(F)F)cc1. The molecule has 1 heterocycles. The normalized spacial score (nSPS) is 19.3. The van der Waals surface area contributed by atoms with Gasteiger partial charge >= 0.3 is 6.36 Å². The predicted octanol–water partition coefficient (Wildman–Crippen LogP) is 4.10. The van der Waals surface area contributed by atoms with Gasteiger partial charge < -0.3 is 19.5 Å². The third-order valence-electron chi connectivity index (χ3n) is 4.59. The molecule has 162 valence electrons. The molecule has 0 aromatic heterocycles. The number of alkyl halides is 3. The van der Waals surface area contributed by atoms with Crippen LogP contribution in [0.1, 0.15) is 30.5 Å². The Balaban J connectivity index is 1.89. The molecule has 1 fully saturated rings. The van der Waals surface area contributed by atoms with Crippen LogP contribution in [0.25, 0.3) is 0 Å². The number of amides is 1. The van der Waals surface area contributed by atoms with Gasteiger partial charge in [0.05, 0.1) is 18.2 Å². The maximum absolute atomic E-state index is 14.6. The van der Waals surface area contributed by atoms with Crippen molar-refractivity contribution in [1.29, 1.82) is 0 Å². The lowest BCUT2D eigenvalue weighted by Crippen LogP contribution is -2.31. The molecule has 0 aliphatic carbocycles. The van der Waals surface area contributed by atoms with Crippen LogP contribution in [0.2, 0.25) is 0 Å². The van der Waals surface area contributed by atoms with Crippen LogP contribution in [0.4, 0.5) is 22.0 Å². The summed E-state index contributed by atoms with van der Waals surface area (Å²) in [6.07, 6.45) is -6.38. The van der Waals surface area contributed by atoms with Gasteiger partial charge in [-0.2, -0.15) is 0 Å². The van der Waals surface area contributed by atoms with E-state index in [1.807, 2.05) is 0 Å². The molecule has 2 unspecified atom stereocenters. The summed E-state index contributed by atoms with van der Waals surface area (Å²) < 4.78 is 74.2. The number of carbonyl (C=O) groups excluding carboxylic acids is 1. The second-order valence-electron chi connectivity index (χ2n) is 6.66. The fourth-order valence-corrected chi connectivity index (χ4v) is 3.40. The van der Waals surface area contributed by atoms with E-state index < -0.39 is 41.8 Å². The van der Waals surface area contributed by atoms with Gasteiger partial charge in [0.2, 0.25) is 0 Å². The summed E-state index contributed by atoms with van der Waals surface area (Å²) in [6, 6.07) is 5.52. The summed E-state index contributed by atoms with van der Waals surface area (Å²) in [7, 11) is 0. The van der Waals surface area contributed by atoms with E-state index in [9.17, 15) is 31.9 Å². The molecular weight excluding hydrogens is 413 g/mol. The van der Waals surface area contributed by atoms with E-state index in [4.69, 9.17) is 4.74 Å². The number of aliphatic hydroxyl groups is 1. The van der Waals surface area contributed by atoms with Crippen LogP contribution in [-0.2, 0) is 11.3 Å². The van der Waals surface area contributed by atoms with Gasteiger partial charge in [-0.1, -0.05) is 12.1 Å². The Morgan fingerprint density at radius 3 is 2.43 bits per heavy atom. The Bertz CT molecular complexity index is 917. The summed E-state index contributed by atoms with van der Waals surface area (Å²) in [6.45, 7) is 1.64. The van der Waals surface area contributed by atoms with E-state index >= 15 is 0 Å². The Hall–Kier alpha value is -2.88. The molecule has 10 heteroatoms. The molecule has 2 aromatic carbocycles. The fourth-order valence-electron chi connectivity index (χ4n) is 3.40. The van der Waals surface area contributed by atoms with Crippen molar-refractivity contribution in [2.45, 2.75) is 38.4 Å². The highest BCUT2D eigenvalue weighted by Crippen LogP contribution is 2.41. The van der Waals surface area contributed by atoms with Gasteiger partial charge in [0.25, 0.3) is 5.91 Å². The molecule has 1 aliphatic rings. The zero-order valence-corrected chi connectivity index (χ0v) is 15.7. The number of halogens is 5. The molecule has 2 atom stereocenters. The molecule has 1 saturated heterocycles. The number of rotatable bonds is 6. The second-order valence-corrected chi connectivity index (χ2v) is 6.66. The minimum absolute atomic E-state index is 0.0693. The summed E-state index contributed by atoms with van der Waals surface area (Å²) >= 11 is 0. The van der Waals surface area contributed by atoms with Crippen molar-refractivity contribution < 1.29 is 41.3 Å². The van der Waals surface area contributed by atoms with E-state index in [1.54, 1.807) is 6.92 Å². The number of likely N-dealkylation sites (tertiary alicyclic amines) is 1. The molecule has 1 aliphatic heterocycles. The molecule has 0 saturated carbocycles. The lowest BCUT2D eigenvalue weighted by Gasteiger charge is -2.27. The predicted molar refractivity (Wildman–Crippen MR) is 94.6 cm³/mol. The zero-order valence-electron chi connectivity index (χ0n) is 15.7. The number of nitrogens with zero attached hydrogens (tertiary/aromatic N) is 1. The topological polar surface area (TPSA) is 59.0 Å². The second kappa shape index (κ2) is 8.47. The van der Waals surface area contributed by atoms with Crippen LogP contribution >= 0.6 is 0 Å². The standard InChI is InChI=1S/C20H18F5NO4/c1-2-29-17-8-12(21)7-14(22)18(17)15-9-16(27)19(28)26(15)10-11-3-5-13(6-4-11)30-20(23,24)25/h3-8,15-16,27H,2,9-10H2,1H3. The maximum atomic E-state index is 14.6. The fraction of sp³-hybridized carbons (Fsp3) is 0.350. The van der Waals surface area contributed by atoms with Crippen LogP contribution in [0.15, 0.2) is 36.4 Å². The smallest absolute Gasteiger partial charge is 0.493 e. The average Bonchev–Trinajstić information content (AvgIpc) is 2.90. The van der Waals surface area contributed by atoms with Gasteiger partial charge in [-0.25, -0.2) is 8.78 Å². The molecule has 30 heavy (non-hydrogen) atoms. The average molecular weight is 431 g/mol. The number of carbonyl (C=O) groups is 1. The molecule has 2 aromatic rings. The van der Waals surface area contributed by atoms with E-state index in [-0.39, 0.29) is 30.9 Å². The first kappa shape index (κ1) is 21.8. The summed E-state index contributed by atoms with van der Waals surface area (Å²) in [5.41, 5.74) is 0.359. The van der Waals surface area contributed by atoms with Crippen molar-refractivity contribution in [2.75, 3.05) is 6.61 Å². The minimum Gasteiger partial charge on any atom is -0.493 e. The Labute approximate surface area is 168 Å². The Kier molecular flexibility index (Phi) is 6.16. The van der Waals surface area contributed by atoms with Crippen LogP contribution in [-0.4, -0.2) is 35.0 Å². The molecule has 0 bridgehead atoms. The van der Waals surface area contributed by atoms with Crippen molar-refractivity contribution >= 4 is 5.91 Å². The quantitative estimate of drug-likeness (QED) is 0.700. The highest BCUT2D eigenvalue weighted by Gasteiger charge is 2.42. The minimum atomic E-state index is -4.84. The first-order valence-corrected chi connectivity index (χ1v) is 9.04. The number of hydrogen-bond donors (Lipinski definition) is 1. The Morgan fingerprint density at radius 2 is 1.83 bits per heavy atom. The zero-order chi connectivity index (χ0) is 22.1. The van der Waals surface area contributed by atoms with Gasteiger partial charge in [-0.05, 0) is 24.6 Å². The van der Waals surface area contributed by atoms with Crippen LogP contribution in [0.5, 0.6) is 11.5 Å². The van der Waals surface area contributed by atoms with Crippen molar-refractivity contribution in [3.63, 3.8) is 0 Å². The van der Waals surface area contributed by atoms with Gasteiger partial charge in [-0.15, -0.1) is 13.2 Å². The Morgan fingerprint density at radius 1 is 1.17 bits per heavy atom. The van der Waals surface area contributed by atoms with Gasteiger partial charge in [0.1, 0.15) is 29.2 Å². The van der Waals surface area contributed by atoms with E-state index in [2.05, 4.69) is 4.74 Å². The van der Waals surface area contributed by atoms with E-state index in [1.165, 1.54) is 17.0 Å². The monoisotopic (exact) mass is 431 g/mol. The number of ether oxygens (including phenoxy) is 2.